The van der Waals surface area contributed by atoms with Gasteiger partial charge in [0.25, 0.3) is 0 Å². The van der Waals surface area contributed by atoms with Gasteiger partial charge in [-0.2, -0.15) is 4.98 Å². The maximum Gasteiger partial charge on any atom is 0.225 e. The Hall–Kier alpha value is -4.37. The molecule has 1 heterocycles. The highest BCUT2D eigenvalue weighted by Crippen LogP contribution is 2.44. The van der Waals surface area contributed by atoms with Gasteiger partial charge in [0.15, 0.2) is 0 Å². The van der Waals surface area contributed by atoms with Crippen LogP contribution in [0.3, 0.4) is 0 Å². The summed E-state index contributed by atoms with van der Waals surface area (Å²) in [5.74, 6) is 1.13. The van der Waals surface area contributed by atoms with Gasteiger partial charge in [-0.3, -0.25) is 9.00 Å². The predicted molar refractivity (Wildman–Crippen MR) is 182 cm³/mol. The van der Waals surface area contributed by atoms with Crippen LogP contribution in [-0.2, 0) is 15.6 Å². The first kappa shape index (κ1) is 30.6. The Balaban J connectivity index is 1.11. The van der Waals surface area contributed by atoms with Crippen molar-refractivity contribution in [3.05, 3.63) is 94.8 Å². The third kappa shape index (κ3) is 6.68. The number of benzene rings is 3. The van der Waals surface area contributed by atoms with Crippen LogP contribution in [-0.4, -0.2) is 52.5 Å². The Kier molecular flexibility index (Phi) is 8.81. The van der Waals surface area contributed by atoms with E-state index in [0.717, 1.165) is 80.7 Å². The average Bonchev–Trinajstić information content (AvgIpc) is 3.26. The minimum atomic E-state index is -1.05. The number of halogens is 1. The average molecular weight is 624 g/mol. The van der Waals surface area contributed by atoms with Gasteiger partial charge in [-0.05, 0) is 108 Å². The molecule has 2 aliphatic carbocycles. The summed E-state index contributed by atoms with van der Waals surface area (Å²) in [6.07, 6.45) is 7.38. The van der Waals surface area contributed by atoms with Crippen molar-refractivity contribution in [2.45, 2.75) is 56.0 Å². The number of amides is 1. The molecule has 9 heteroatoms. The highest BCUT2D eigenvalue weighted by molar-refractivity contribution is 7.84. The Morgan fingerprint density at radius 2 is 1.69 bits per heavy atom. The lowest BCUT2D eigenvalue weighted by atomic mass is 9.91. The number of carbonyl (C=O) groups is 1. The summed E-state index contributed by atoms with van der Waals surface area (Å²) < 4.78 is 26.2. The summed E-state index contributed by atoms with van der Waals surface area (Å²) in [6.45, 7) is 2.00. The summed E-state index contributed by atoms with van der Waals surface area (Å²) in [6, 6.07) is 20.7. The van der Waals surface area contributed by atoms with Gasteiger partial charge < -0.3 is 15.5 Å². The zero-order chi connectivity index (χ0) is 31.7. The summed E-state index contributed by atoms with van der Waals surface area (Å²) in [4.78, 5) is 25.6. The fourth-order valence-electron chi connectivity index (χ4n) is 6.37. The highest BCUT2D eigenvalue weighted by atomic mass is 32.2. The van der Waals surface area contributed by atoms with E-state index in [1.165, 1.54) is 12.1 Å². The van der Waals surface area contributed by atoms with E-state index in [1.54, 1.807) is 12.3 Å². The Bertz CT molecular complexity index is 1840. The number of anilines is 2. The molecule has 2 aliphatic rings. The number of carbonyl (C=O) groups excluding carboxylic acids is 1. The van der Waals surface area contributed by atoms with Crippen molar-refractivity contribution in [1.29, 1.82) is 0 Å². The lowest BCUT2D eigenvalue weighted by Gasteiger charge is -2.30. The number of nitrogens with zero attached hydrogens (tertiary/aromatic N) is 3. The van der Waals surface area contributed by atoms with E-state index in [0.29, 0.717) is 5.95 Å². The normalized spacial score (nSPS) is 19.4. The summed E-state index contributed by atoms with van der Waals surface area (Å²) in [5, 5.41) is 7.79. The number of rotatable bonds is 8. The standard InChI is InChI=1S/C36H38FN5O2S/c1-22-30(19-23-9-16-27(17-10-23)45(4)44)28-18-11-24(37)20-32(28)31(22)21-34(43)38-25-12-14-26(15-13-25)39-36-40-33-8-6-5-7-29(33)35(41-36)42(2)3/h5-11,16-20,25-26H,12-15,21H2,1-4H3,(H,38,43)(H,39,40,41). The van der Waals surface area contributed by atoms with Gasteiger partial charge in [0.2, 0.25) is 11.9 Å². The molecule has 1 amide bonds. The van der Waals surface area contributed by atoms with Crippen molar-refractivity contribution in [2.24, 2.45) is 0 Å². The number of allylic oxidation sites excluding steroid dienone is 2. The van der Waals surface area contributed by atoms with Crippen molar-refractivity contribution in [3.63, 3.8) is 0 Å². The molecule has 4 aromatic rings. The third-order valence-corrected chi connectivity index (χ3v) is 9.68. The zero-order valence-corrected chi connectivity index (χ0v) is 26.9. The quantitative estimate of drug-likeness (QED) is 0.224. The SMILES string of the molecule is CC1=C(CC(=O)NC2CCC(Nc3nc(N(C)C)c4ccccc4n3)CC2)c2cc(F)ccc2C1=Cc1ccc(S(C)=O)cc1. The molecule has 6 rings (SSSR count). The second kappa shape index (κ2) is 12.9. The molecule has 2 N–H and O–H groups in total. The third-order valence-electron chi connectivity index (χ3n) is 8.75. The minimum Gasteiger partial charge on any atom is -0.362 e. The molecule has 1 aromatic heterocycles. The van der Waals surface area contributed by atoms with Crippen LogP contribution in [0.5, 0.6) is 0 Å². The maximum absolute atomic E-state index is 14.4. The Morgan fingerprint density at radius 1 is 0.978 bits per heavy atom. The van der Waals surface area contributed by atoms with Crippen LogP contribution in [0.2, 0.25) is 0 Å². The molecule has 45 heavy (non-hydrogen) atoms. The van der Waals surface area contributed by atoms with E-state index < -0.39 is 10.8 Å². The molecule has 232 valence electrons. The number of aromatic nitrogens is 2. The fraction of sp³-hybridized carbons (Fsp3) is 0.306. The van der Waals surface area contributed by atoms with Crippen LogP contribution in [0.15, 0.2) is 77.2 Å². The smallest absolute Gasteiger partial charge is 0.225 e. The van der Waals surface area contributed by atoms with Crippen molar-refractivity contribution in [2.75, 3.05) is 30.6 Å². The largest absolute Gasteiger partial charge is 0.362 e. The van der Waals surface area contributed by atoms with Gasteiger partial charge in [-0.25, -0.2) is 9.37 Å². The van der Waals surface area contributed by atoms with E-state index in [9.17, 15) is 13.4 Å². The van der Waals surface area contributed by atoms with Crippen LogP contribution in [0, 0.1) is 5.82 Å². The molecule has 1 fully saturated rings. The fourth-order valence-corrected chi connectivity index (χ4v) is 6.89. The zero-order valence-electron chi connectivity index (χ0n) is 26.1. The van der Waals surface area contributed by atoms with Gasteiger partial charge >= 0.3 is 0 Å². The minimum absolute atomic E-state index is 0.0551. The molecule has 0 aliphatic heterocycles. The highest BCUT2D eigenvalue weighted by Gasteiger charge is 2.28. The van der Waals surface area contributed by atoms with Crippen LogP contribution >= 0.6 is 0 Å². The van der Waals surface area contributed by atoms with E-state index in [-0.39, 0.29) is 30.2 Å². The molecule has 0 radical (unpaired) electrons. The lowest BCUT2D eigenvalue weighted by Crippen LogP contribution is -2.40. The molecule has 0 bridgehead atoms. The number of nitrogens with one attached hydrogen (secondary N) is 2. The number of hydrogen-bond acceptors (Lipinski definition) is 6. The monoisotopic (exact) mass is 623 g/mol. The van der Waals surface area contributed by atoms with Crippen LogP contribution in [0.1, 0.15) is 55.7 Å². The second-order valence-corrected chi connectivity index (χ2v) is 13.5. The predicted octanol–water partition coefficient (Wildman–Crippen LogP) is 6.83. The number of fused-ring (bicyclic) bond motifs is 2. The Morgan fingerprint density at radius 3 is 2.40 bits per heavy atom. The topological polar surface area (TPSA) is 87.2 Å². The van der Waals surface area contributed by atoms with Gasteiger partial charge in [-0.1, -0.05) is 30.3 Å². The first-order chi connectivity index (χ1) is 21.7. The first-order valence-electron chi connectivity index (χ1n) is 15.3. The molecule has 1 unspecified atom stereocenters. The van der Waals surface area contributed by atoms with Crippen LogP contribution in [0.25, 0.3) is 28.1 Å². The first-order valence-corrected chi connectivity index (χ1v) is 16.9. The van der Waals surface area contributed by atoms with Crippen molar-refractivity contribution in [3.8, 4) is 0 Å². The van der Waals surface area contributed by atoms with E-state index in [2.05, 4.69) is 10.6 Å². The molecule has 1 atom stereocenters. The maximum atomic E-state index is 14.4. The van der Waals surface area contributed by atoms with Gasteiger partial charge in [0.05, 0.1) is 11.9 Å². The Labute approximate surface area is 266 Å². The second-order valence-electron chi connectivity index (χ2n) is 12.1. The summed E-state index contributed by atoms with van der Waals surface area (Å²) >= 11 is 0. The molecule has 0 spiro atoms. The van der Waals surface area contributed by atoms with Crippen molar-refractivity contribution in [1.82, 2.24) is 15.3 Å². The van der Waals surface area contributed by atoms with Gasteiger partial charge in [0, 0.05) is 53.5 Å². The van der Waals surface area contributed by atoms with E-state index >= 15 is 0 Å². The molecule has 7 nitrogen and oxygen atoms in total. The molecule has 1 saturated carbocycles. The number of para-hydroxylation sites is 1. The lowest BCUT2D eigenvalue weighted by molar-refractivity contribution is -0.121. The van der Waals surface area contributed by atoms with Crippen LogP contribution in [0.4, 0.5) is 16.2 Å². The van der Waals surface area contributed by atoms with Crippen LogP contribution < -0.4 is 15.5 Å². The summed E-state index contributed by atoms with van der Waals surface area (Å²) in [7, 11) is 2.92. The van der Waals surface area contributed by atoms with Gasteiger partial charge in [0.1, 0.15) is 11.6 Å². The van der Waals surface area contributed by atoms with Crippen molar-refractivity contribution >= 4 is 56.6 Å². The molecule has 0 saturated heterocycles. The molecular formula is C36H38FN5O2S. The van der Waals surface area contributed by atoms with Crippen molar-refractivity contribution < 1.29 is 13.4 Å². The van der Waals surface area contributed by atoms with E-state index in [4.69, 9.17) is 9.97 Å². The molecule has 3 aromatic carbocycles. The van der Waals surface area contributed by atoms with Gasteiger partial charge in [-0.15, -0.1) is 0 Å². The summed E-state index contributed by atoms with van der Waals surface area (Å²) in [5.41, 5.74) is 6.33. The van der Waals surface area contributed by atoms with E-state index in [1.807, 2.05) is 80.5 Å². The molecular weight excluding hydrogens is 585 g/mol. The number of hydrogen-bond donors (Lipinski definition) is 2.